The van der Waals surface area contributed by atoms with E-state index < -0.39 is 23.5 Å². The average molecular weight is 297 g/mol. The van der Waals surface area contributed by atoms with E-state index in [1.165, 1.54) is 6.07 Å². The highest BCUT2D eigenvalue weighted by Gasteiger charge is 2.71. The normalized spacial score (nSPS) is 14.0. The van der Waals surface area contributed by atoms with E-state index >= 15 is 0 Å². The van der Waals surface area contributed by atoms with E-state index in [0.717, 1.165) is 6.07 Å². The van der Waals surface area contributed by atoms with Gasteiger partial charge in [0, 0.05) is 22.2 Å². The Morgan fingerprint density at radius 2 is 1.50 bits per heavy atom. The number of aromatic amines is 1. The van der Waals surface area contributed by atoms with Crippen LogP contribution in [0.4, 0.5) is 26.3 Å². The molecule has 20 heavy (non-hydrogen) atoms. The lowest BCUT2D eigenvalue weighted by Crippen LogP contribution is -2.53. The van der Waals surface area contributed by atoms with Crippen molar-refractivity contribution in [3.63, 3.8) is 0 Å². The van der Waals surface area contributed by atoms with Crippen LogP contribution in [0, 0.1) is 6.92 Å². The third-order valence-electron chi connectivity index (χ3n) is 2.99. The van der Waals surface area contributed by atoms with Crippen LogP contribution in [-0.4, -0.2) is 22.4 Å². The van der Waals surface area contributed by atoms with Gasteiger partial charge in [0.1, 0.15) is 0 Å². The van der Waals surface area contributed by atoms with Gasteiger partial charge in [-0.15, -0.1) is 0 Å². The summed E-state index contributed by atoms with van der Waals surface area (Å²) in [5.74, 6) is 0. The third kappa shape index (κ3) is 2.04. The Bertz CT molecular complexity index is 625. The number of hydrogen-bond donors (Lipinski definition) is 2. The van der Waals surface area contributed by atoms with E-state index in [9.17, 15) is 31.4 Å². The maximum Gasteiger partial charge on any atom is 0.430 e. The number of fused-ring (bicyclic) bond motifs is 1. The quantitative estimate of drug-likeness (QED) is 0.772. The van der Waals surface area contributed by atoms with Crippen LogP contribution in [0.1, 0.15) is 11.3 Å². The summed E-state index contributed by atoms with van der Waals surface area (Å²) in [5.41, 5.74) is -5.18. The summed E-state index contributed by atoms with van der Waals surface area (Å²) < 4.78 is 76.3. The number of aryl methyl sites for hydroxylation is 1. The largest absolute Gasteiger partial charge is 0.430 e. The van der Waals surface area contributed by atoms with Crippen LogP contribution in [0.25, 0.3) is 10.9 Å². The maximum atomic E-state index is 12.7. The molecule has 0 aliphatic carbocycles. The molecule has 8 heteroatoms. The van der Waals surface area contributed by atoms with Gasteiger partial charge in [0.2, 0.25) is 0 Å². The van der Waals surface area contributed by atoms with Crippen molar-refractivity contribution in [2.24, 2.45) is 0 Å². The van der Waals surface area contributed by atoms with Gasteiger partial charge in [-0.3, -0.25) is 0 Å². The molecule has 0 aliphatic heterocycles. The first kappa shape index (κ1) is 14.7. The highest BCUT2D eigenvalue weighted by atomic mass is 19.4. The fourth-order valence-corrected chi connectivity index (χ4v) is 1.99. The number of nitrogens with one attached hydrogen (secondary N) is 1. The highest BCUT2D eigenvalue weighted by Crippen LogP contribution is 2.50. The Hall–Kier alpha value is -1.70. The lowest BCUT2D eigenvalue weighted by Gasteiger charge is -2.32. The second-order valence-corrected chi connectivity index (χ2v) is 4.46. The molecule has 2 N–H and O–H groups in total. The van der Waals surface area contributed by atoms with Crippen molar-refractivity contribution in [3.05, 3.63) is 35.5 Å². The Balaban J connectivity index is 2.69. The van der Waals surface area contributed by atoms with Crippen molar-refractivity contribution < 1.29 is 31.4 Å². The highest BCUT2D eigenvalue weighted by molar-refractivity contribution is 5.81. The Morgan fingerprint density at radius 1 is 0.950 bits per heavy atom. The first-order chi connectivity index (χ1) is 8.97. The Kier molecular flexibility index (Phi) is 3.05. The smallest absolute Gasteiger partial charge is 0.369 e. The summed E-state index contributed by atoms with van der Waals surface area (Å²) in [6, 6.07) is 3.76. The first-order valence-corrected chi connectivity index (χ1v) is 5.42. The number of H-pyrrole nitrogens is 1. The molecule has 1 aromatic carbocycles. The summed E-state index contributed by atoms with van der Waals surface area (Å²) in [5, 5.41) is 9.42. The van der Waals surface area contributed by atoms with Crippen LogP contribution < -0.4 is 0 Å². The number of rotatable bonds is 1. The third-order valence-corrected chi connectivity index (χ3v) is 2.99. The summed E-state index contributed by atoms with van der Waals surface area (Å²) >= 11 is 0. The van der Waals surface area contributed by atoms with Gasteiger partial charge in [-0.1, -0.05) is 6.07 Å². The van der Waals surface area contributed by atoms with Gasteiger partial charge in [-0.05, 0) is 25.1 Å². The van der Waals surface area contributed by atoms with Crippen molar-refractivity contribution in [2.75, 3.05) is 0 Å². The van der Waals surface area contributed by atoms with Crippen molar-refractivity contribution in [1.82, 2.24) is 4.98 Å². The molecule has 1 aromatic heterocycles. The zero-order valence-electron chi connectivity index (χ0n) is 10.0. The van der Waals surface area contributed by atoms with Gasteiger partial charge in [0.25, 0.3) is 5.60 Å². The molecule has 0 aliphatic rings. The maximum absolute atomic E-state index is 12.7. The standard InChI is InChI=1S/C12H9F6NO/c1-6-4-7-5-8(2-3-9(7)19-6)10(20,11(13,14)15)12(16,17)18/h2-5,19-20H,1H3. The van der Waals surface area contributed by atoms with Crippen LogP contribution in [0.3, 0.4) is 0 Å². The van der Waals surface area contributed by atoms with Gasteiger partial charge in [0.15, 0.2) is 0 Å². The summed E-state index contributed by atoms with van der Waals surface area (Å²) in [4.78, 5) is 2.77. The molecule has 2 rings (SSSR count). The molecule has 2 nitrogen and oxygen atoms in total. The number of halogens is 6. The minimum Gasteiger partial charge on any atom is -0.369 e. The molecule has 0 saturated heterocycles. The van der Waals surface area contributed by atoms with Gasteiger partial charge in [0.05, 0.1) is 0 Å². The molecule has 0 unspecified atom stereocenters. The van der Waals surface area contributed by atoms with Crippen LogP contribution in [0.2, 0.25) is 0 Å². The molecule has 0 atom stereocenters. The molecule has 0 radical (unpaired) electrons. The summed E-state index contributed by atoms with van der Waals surface area (Å²) in [6.45, 7) is 1.61. The fraction of sp³-hybridized carbons (Fsp3) is 0.333. The number of aromatic nitrogens is 1. The molecular formula is C12H9F6NO. The van der Waals surface area contributed by atoms with Crippen LogP contribution in [-0.2, 0) is 5.60 Å². The Labute approximate surface area is 109 Å². The van der Waals surface area contributed by atoms with Crippen LogP contribution >= 0.6 is 0 Å². The van der Waals surface area contributed by atoms with E-state index in [4.69, 9.17) is 0 Å². The monoisotopic (exact) mass is 297 g/mol. The minimum absolute atomic E-state index is 0.159. The number of benzene rings is 1. The lowest BCUT2D eigenvalue weighted by atomic mass is 9.91. The van der Waals surface area contributed by atoms with Crippen molar-refractivity contribution in [1.29, 1.82) is 0 Å². The van der Waals surface area contributed by atoms with E-state index in [2.05, 4.69) is 4.98 Å². The first-order valence-electron chi connectivity index (χ1n) is 5.42. The summed E-state index contributed by atoms with van der Waals surface area (Å²) in [6.07, 6.45) is -11.7. The molecule has 0 spiro atoms. The predicted molar refractivity (Wildman–Crippen MR) is 59.0 cm³/mol. The van der Waals surface area contributed by atoms with Crippen molar-refractivity contribution >= 4 is 10.9 Å². The zero-order valence-corrected chi connectivity index (χ0v) is 10.0. The van der Waals surface area contributed by atoms with Crippen LogP contribution in [0.15, 0.2) is 24.3 Å². The average Bonchev–Trinajstić information content (AvgIpc) is 2.63. The minimum atomic E-state index is -5.87. The predicted octanol–water partition coefficient (Wildman–Crippen LogP) is 3.79. The molecular weight excluding hydrogens is 288 g/mol. The van der Waals surface area contributed by atoms with Gasteiger partial charge >= 0.3 is 12.4 Å². The van der Waals surface area contributed by atoms with E-state index in [0.29, 0.717) is 23.3 Å². The molecule has 0 bridgehead atoms. The van der Waals surface area contributed by atoms with Crippen molar-refractivity contribution in [3.8, 4) is 0 Å². The summed E-state index contributed by atoms with van der Waals surface area (Å²) in [7, 11) is 0. The zero-order chi connectivity index (χ0) is 15.3. The second-order valence-electron chi connectivity index (χ2n) is 4.46. The van der Waals surface area contributed by atoms with Gasteiger partial charge in [-0.25, -0.2) is 0 Å². The molecule has 0 saturated carbocycles. The van der Waals surface area contributed by atoms with E-state index in [1.54, 1.807) is 6.92 Å². The molecule has 0 fully saturated rings. The topological polar surface area (TPSA) is 36.0 Å². The molecule has 1 heterocycles. The molecule has 2 aromatic rings. The van der Waals surface area contributed by atoms with Gasteiger partial charge < -0.3 is 10.1 Å². The number of aliphatic hydroxyl groups is 1. The van der Waals surface area contributed by atoms with Gasteiger partial charge in [-0.2, -0.15) is 26.3 Å². The lowest BCUT2D eigenvalue weighted by molar-refractivity contribution is -0.376. The number of hydrogen-bond acceptors (Lipinski definition) is 1. The Morgan fingerprint density at radius 3 is 2.00 bits per heavy atom. The van der Waals surface area contributed by atoms with E-state index in [1.807, 2.05) is 0 Å². The molecule has 0 amide bonds. The fourth-order valence-electron chi connectivity index (χ4n) is 1.99. The van der Waals surface area contributed by atoms with Crippen molar-refractivity contribution in [2.45, 2.75) is 24.9 Å². The number of alkyl halides is 6. The van der Waals surface area contributed by atoms with E-state index in [-0.39, 0.29) is 5.39 Å². The van der Waals surface area contributed by atoms with Crippen LogP contribution in [0.5, 0.6) is 0 Å². The SMILES string of the molecule is Cc1cc2cc(C(O)(C(F)(F)F)C(F)(F)F)ccc2[nH]1. The second kappa shape index (κ2) is 4.15. The molecule has 110 valence electrons.